The highest BCUT2D eigenvalue weighted by Gasteiger charge is 2.33. The van der Waals surface area contributed by atoms with Gasteiger partial charge in [-0.3, -0.25) is 0 Å². The van der Waals surface area contributed by atoms with E-state index in [1.54, 1.807) is 19.2 Å². The molecule has 1 aromatic carbocycles. The molecule has 0 fully saturated rings. The van der Waals surface area contributed by atoms with E-state index in [0.29, 0.717) is 5.71 Å². The largest absolute Gasteiger partial charge is 0.497 e. The van der Waals surface area contributed by atoms with Crippen LogP contribution < -0.4 is 9.46 Å². The predicted molar refractivity (Wildman–Crippen MR) is 70.2 cm³/mol. The van der Waals surface area contributed by atoms with Gasteiger partial charge in [-0.05, 0) is 35.7 Å². The zero-order valence-corrected chi connectivity index (χ0v) is 11.4. The molecule has 0 saturated carbocycles. The number of benzene rings is 1. The van der Waals surface area contributed by atoms with Crippen molar-refractivity contribution in [3.8, 4) is 5.75 Å². The maximum Gasteiger partial charge on any atom is 0.320 e. The highest BCUT2D eigenvalue weighted by Crippen LogP contribution is 2.21. The summed E-state index contributed by atoms with van der Waals surface area (Å²) in [5.41, 5.74) is 1.36. The van der Waals surface area contributed by atoms with E-state index >= 15 is 0 Å². The number of hydrogen-bond donors (Lipinski definition) is 1. The molecule has 98 valence electrons. The van der Waals surface area contributed by atoms with Crippen LogP contribution in [0.4, 0.5) is 0 Å². The maximum atomic E-state index is 11.5. The number of nitrogens with zero attached hydrogens (tertiary/aromatic N) is 1. The van der Waals surface area contributed by atoms with E-state index < -0.39 is 10.2 Å². The third kappa shape index (κ3) is 2.54. The predicted octanol–water partition coefficient (Wildman–Crippen LogP) is 1.36. The van der Waals surface area contributed by atoms with E-state index in [4.69, 9.17) is 4.74 Å². The SMILES string of the molecule is COc1ccc(C2=NS(=O)(=O)N[C@H]2C(C)C)cc1. The number of hydrogen-bond acceptors (Lipinski definition) is 3. The van der Waals surface area contributed by atoms with Crippen molar-refractivity contribution in [2.75, 3.05) is 7.11 Å². The minimum atomic E-state index is -3.55. The maximum absolute atomic E-state index is 11.5. The zero-order chi connectivity index (χ0) is 13.3. The van der Waals surface area contributed by atoms with Crippen LogP contribution in [0.15, 0.2) is 28.7 Å². The van der Waals surface area contributed by atoms with Crippen LogP contribution in [0.3, 0.4) is 0 Å². The molecule has 1 aromatic rings. The summed E-state index contributed by atoms with van der Waals surface area (Å²) in [5.74, 6) is 0.873. The van der Waals surface area contributed by atoms with Crippen molar-refractivity contribution in [1.82, 2.24) is 4.72 Å². The third-order valence-electron chi connectivity index (χ3n) is 2.84. The van der Waals surface area contributed by atoms with Crippen LogP contribution in [0, 0.1) is 5.92 Å². The van der Waals surface area contributed by atoms with Gasteiger partial charge in [0.2, 0.25) is 0 Å². The first kappa shape index (κ1) is 13.0. The minimum Gasteiger partial charge on any atom is -0.497 e. The number of nitrogens with one attached hydrogen (secondary N) is 1. The third-order valence-corrected chi connectivity index (χ3v) is 3.83. The molecule has 1 atom stereocenters. The van der Waals surface area contributed by atoms with Crippen LogP contribution in [-0.2, 0) is 10.2 Å². The van der Waals surface area contributed by atoms with Crippen molar-refractivity contribution in [3.05, 3.63) is 29.8 Å². The van der Waals surface area contributed by atoms with E-state index in [9.17, 15) is 8.42 Å². The summed E-state index contributed by atoms with van der Waals surface area (Å²) in [5, 5.41) is 0. The fourth-order valence-electron chi connectivity index (χ4n) is 1.87. The Morgan fingerprint density at radius 1 is 1.28 bits per heavy atom. The molecule has 1 aliphatic heterocycles. The topological polar surface area (TPSA) is 67.8 Å². The molecule has 0 saturated heterocycles. The van der Waals surface area contributed by atoms with Gasteiger partial charge >= 0.3 is 10.2 Å². The highest BCUT2D eigenvalue weighted by atomic mass is 32.2. The second-order valence-electron chi connectivity index (χ2n) is 4.52. The number of ether oxygens (including phenoxy) is 1. The molecular formula is C12H16N2O3S. The Morgan fingerprint density at radius 3 is 2.39 bits per heavy atom. The molecule has 0 spiro atoms. The van der Waals surface area contributed by atoms with E-state index in [1.165, 1.54) is 0 Å². The Balaban J connectivity index is 2.40. The van der Waals surface area contributed by atoms with Crippen LogP contribution in [-0.4, -0.2) is 27.3 Å². The standard InChI is InChI=1S/C12H16N2O3S/c1-8(2)11-12(14-18(15,16)13-11)9-4-6-10(17-3)7-5-9/h4-8,11,13H,1-3H3/t11-/m0/s1. The molecule has 0 amide bonds. The first-order valence-corrected chi connectivity index (χ1v) is 7.13. The molecular weight excluding hydrogens is 252 g/mol. The van der Waals surface area contributed by atoms with E-state index in [2.05, 4.69) is 9.12 Å². The summed E-state index contributed by atoms with van der Waals surface area (Å²) in [6.07, 6.45) is 0. The quantitative estimate of drug-likeness (QED) is 0.900. The lowest BCUT2D eigenvalue weighted by Gasteiger charge is -2.16. The summed E-state index contributed by atoms with van der Waals surface area (Å²) in [6.45, 7) is 3.91. The Hall–Kier alpha value is -1.40. The Morgan fingerprint density at radius 2 is 1.89 bits per heavy atom. The lowest BCUT2D eigenvalue weighted by atomic mass is 9.95. The Kier molecular flexibility index (Phi) is 3.41. The highest BCUT2D eigenvalue weighted by molar-refractivity contribution is 7.88. The molecule has 18 heavy (non-hydrogen) atoms. The second-order valence-corrected chi connectivity index (χ2v) is 5.89. The minimum absolute atomic E-state index is 0.142. The molecule has 0 bridgehead atoms. The monoisotopic (exact) mass is 268 g/mol. The van der Waals surface area contributed by atoms with Gasteiger partial charge < -0.3 is 4.74 Å². The van der Waals surface area contributed by atoms with Gasteiger partial charge in [-0.2, -0.15) is 17.5 Å². The normalized spacial score (nSPS) is 22.0. The summed E-state index contributed by atoms with van der Waals surface area (Å²) in [7, 11) is -1.96. The van der Waals surface area contributed by atoms with Crippen molar-refractivity contribution in [3.63, 3.8) is 0 Å². The average molecular weight is 268 g/mol. The lowest BCUT2D eigenvalue weighted by molar-refractivity contribution is 0.415. The first-order valence-electron chi connectivity index (χ1n) is 5.69. The van der Waals surface area contributed by atoms with Gasteiger partial charge in [-0.25, -0.2) is 0 Å². The fourth-order valence-corrected chi connectivity index (χ4v) is 3.11. The summed E-state index contributed by atoms with van der Waals surface area (Å²) >= 11 is 0. The lowest BCUT2D eigenvalue weighted by Crippen LogP contribution is -2.37. The van der Waals surface area contributed by atoms with Gasteiger partial charge in [0, 0.05) is 0 Å². The van der Waals surface area contributed by atoms with E-state index in [0.717, 1.165) is 11.3 Å². The van der Waals surface area contributed by atoms with Crippen LogP contribution in [0.2, 0.25) is 0 Å². The van der Waals surface area contributed by atoms with E-state index in [1.807, 2.05) is 26.0 Å². The Labute approximate surface area is 107 Å². The number of rotatable bonds is 3. The van der Waals surface area contributed by atoms with Crippen LogP contribution >= 0.6 is 0 Å². The van der Waals surface area contributed by atoms with Crippen molar-refractivity contribution < 1.29 is 13.2 Å². The molecule has 0 aromatic heterocycles. The molecule has 5 nitrogen and oxygen atoms in total. The molecule has 1 heterocycles. The first-order chi connectivity index (χ1) is 8.43. The van der Waals surface area contributed by atoms with Gasteiger partial charge in [0.1, 0.15) is 5.75 Å². The van der Waals surface area contributed by atoms with Gasteiger partial charge in [0.05, 0.1) is 18.9 Å². The summed E-state index contributed by atoms with van der Waals surface area (Å²) in [6, 6.07) is 6.94. The smallest absolute Gasteiger partial charge is 0.320 e. The van der Waals surface area contributed by atoms with Gasteiger partial charge in [0.15, 0.2) is 0 Å². The van der Waals surface area contributed by atoms with Crippen molar-refractivity contribution in [1.29, 1.82) is 0 Å². The summed E-state index contributed by atoms with van der Waals surface area (Å²) in [4.78, 5) is 0. The molecule has 1 N–H and O–H groups in total. The molecule has 0 unspecified atom stereocenters. The molecule has 0 radical (unpaired) electrons. The van der Waals surface area contributed by atoms with Crippen molar-refractivity contribution in [2.45, 2.75) is 19.9 Å². The van der Waals surface area contributed by atoms with Crippen LogP contribution in [0.25, 0.3) is 0 Å². The second kappa shape index (κ2) is 4.70. The molecule has 6 heteroatoms. The summed E-state index contributed by atoms with van der Waals surface area (Å²) < 4.78 is 34.5. The van der Waals surface area contributed by atoms with Gasteiger partial charge in [-0.15, -0.1) is 0 Å². The van der Waals surface area contributed by atoms with Crippen molar-refractivity contribution >= 4 is 15.9 Å². The fraction of sp³-hybridized carbons (Fsp3) is 0.417. The van der Waals surface area contributed by atoms with Crippen LogP contribution in [0.1, 0.15) is 19.4 Å². The average Bonchev–Trinajstić information content (AvgIpc) is 2.66. The van der Waals surface area contributed by atoms with Gasteiger partial charge in [-0.1, -0.05) is 13.8 Å². The van der Waals surface area contributed by atoms with E-state index in [-0.39, 0.29) is 12.0 Å². The zero-order valence-electron chi connectivity index (χ0n) is 10.5. The molecule has 2 rings (SSSR count). The molecule has 0 aliphatic carbocycles. The Bertz CT molecular complexity index is 561. The van der Waals surface area contributed by atoms with Gasteiger partial charge in [0.25, 0.3) is 0 Å². The number of methoxy groups -OCH3 is 1. The molecule has 1 aliphatic rings. The van der Waals surface area contributed by atoms with Crippen LogP contribution in [0.5, 0.6) is 5.75 Å². The van der Waals surface area contributed by atoms with Crippen molar-refractivity contribution in [2.24, 2.45) is 10.3 Å².